The minimum absolute atomic E-state index is 0.0245. The van der Waals surface area contributed by atoms with Gasteiger partial charge in [-0.25, -0.2) is 5.43 Å². The summed E-state index contributed by atoms with van der Waals surface area (Å²) in [6.07, 6.45) is 1.52. The van der Waals surface area contributed by atoms with Crippen molar-refractivity contribution in [1.29, 1.82) is 0 Å². The van der Waals surface area contributed by atoms with Crippen LogP contribution in [0.4, 0.5) is 0 Å². The lowest BCUT2D eigenvalue weighted by molar-refractivity contribution is -0.159. The van der Waals surface area contributed by atoms with E-state index in [1.165, 1.54) is 6.21 Å². The molecule has 7 nitrogen and oxygen atoms in total. The Bertz CT molecular complexity index is 600. The van der Waals surface area contributed by atoms with E-state index >= 15 is 0 Å². The second-order valence-electron chi connectivity index (χ2n) is 5.08. The van der Waals surface area contributed by atoms with Gasteiger partial charge in [0.05, 0.1) is 36.9 Å². The van der Waals surface area contributed by atoms with Gasteiger partial charge in [-0.1, -0.05) is 0 Å². The number of hydrogen-bond donors (Lipinski definition) is 2. The molecule has 1 saturated heterocycles. The van der Waals surface area contributed by atoms with Gasteiger partial charge in [0.1, 0.15) is 0 Å². The molecular formula is C15H19BrN2O5. The number of hydrogen-bond acceptors (Lipinski definition) is 6. The van der Waals surface area contributed by atoms with Gasteiger partial charge >= 0.3 is 0 Å². The number of hydrazone groups is 1. The number of halogens is 1. The Balaban J connectivity index is 1.96. The predicted molar refractivity (Wildman–Crippen MR) is 87.6 cm³/mol. The van der Waals surface area contributed by atoms with Gasteiger partial charge in [-0.3, -0.25) is 4.79 Å². The van der Waals surface area contributed by atoms with Crippen LogP contribution in [0, 0.1) is 0 Å². The van der Waals surface area contributed by atoms with Gasteiger partial charge in [0, 0.05) is 0 Å². The zero-order valence-electron chi connectivity index (χ0n) is 13.0. The summed E-state index contributed by atoms with van der Waals surface area (Å²) in [5, 5.41) is 13.7. The maximum Gasteiger partial charge on any atom is 0.245 e. The Morgan fingerprint density at radius 3 is 2.87 bits per heavy atom. The van der Waals surface area contributed by atoms with Crippen LogP contribution in [0.2, 0.25) is 0 Å². The first-order chi connectivity index (χ1) is 10.9. The third kappa shape index (κ3) is 4.92. The summed E-state index contributed by atoms with van der Waals surface area (Å²) < 4.78 is 16.5. The standard InChI is InChI=1S/C15H19BrN2O5/c1-3-21-12-7-10(6-11(16)14(12)20)9-17-18-13(19)8-15(2)22-4-5-23-15/h6-7,9,20H,3-5,8H2,1-2H3,(H,18,19)/b17-9-. The number of ether oxygens (including phenoxy) is 3. The maximum atomic E-state index is 11.8. The van der Waals surface area contributed by atoms with Gasteiger partial charge in [-0.05, 0) is 47.5 Å². The molecule has 1 fully saturated rings. The molecule has 0 spiro atoms. The molecule has 0 aliphatic carbocycles. The van der Waals surface area contributed by atoms with E-state index in [0.717, 1.165) is 0 Å². The van der Waals surface area contributed by atoms with Gasteiger partial charge in [-0.2, -0.15) is 5.10 Å². The molecular weight excluding hydrogens is 368 g/mol. The molecule has 23 heavy (non-hydrogen) atoms. The molecule has 126 valence electrons. The van der Waals surface area contributed by atoms with E-state index in [1.807, 2.05) is 6.92 Å². The van der Waals surface area contributed by atoms with Crippen LogP contribution >= 0.6 is 15.9 Å². The molecule has 1 heterocycles. The third-order valence-corrected chi connectivity index (χ3v) is 3.74. The quantitative estimate of drug-likeness (QED) is 0.577. The highest BCUT2D eigenvalue weighted by Crippen LogP contribution is 2.35. The number of amides is 1. The van der Waals surface area contributed by atoms with E-state index in [4.69, 9.17) is 14.2 Å². The topological polar surface area (TPSA) is 89.4 Å². The van der Waals surface area contributed by atoms with Gasteiger partial charge in [0.2, 0.25) is 5.91 Å². The average Bonchev–Trinajstić information content (AvgIpc) is 2.90. The fourth-order valence-electron chi connectivity index (χ4n) is 2.10. The van der Waals surface area contributed by atoms with Gasteiger partial charge in [0.25, 0.3) is 0 Å². The van der Waals surface area contributed by atoms with E-state index in [2.05, 4.69) is 26.5 Å². The molecule has 0 radical (unpaired) electrons. The van der Waals surface area contributed by atoms with Crippen molar-refractivity contribution in [2.24, 2.45) is 5.10 Å². The molecule has 0 unspecified atom stereocenters. The molecule has 0 bridgehead atoms. The van der Waals surface area contributed by atoms with E-state index in [9.17, 15) is 9.90 Å². The van der Waals surface area contributed by atoms with Gasteiger partial charge < -0.3 is 19.3 Å². The fraction of sp³-hybridized carbons (Fsp3) is 0.467. The second kappa shape index (κ2) is 7.76. The molecule has 1 aromatic carbocycles. The zero-order valence-corrected chi connectivity index (χ0v) is 14.6. The molecule has 0 saturated carbocycles. The Labute approximate surface area is 142 Å². The lowest BCUT2D eigenvalue weighted by Crippen LogP contribution is -2.33. The number of carbonyl (C=O) groups is 1. The minimum atomic E-state index is -0.886. The largest absolute Gasteiger partial charge is 0.503 e. The number of aromatic hydroxyl groups is 1. The van der Waals surface area contributed by atoms with Gasteiger partial charge in [0.15, 0.2) is 17.3 Å². The molecule has 2 N–H and O–H groups in total. The first-order valence-corrected chi connectivity index (χ1v) is 7.98. The smallest absolute Gasteiger partial charge is 0.245 e. The van der Waals surface area contributed by atoms with Gasteiger partial charge in [-0.15, -0.1) is 0 Å². The average molecular weight is 387 g/mol. The van der Waals surface area contributed by atoms with Crippen LogP contribution in [-0.2, 0) is 14.3 Å². The first kappa shape index (κ1) is 17.7. The van der Waals surface area contributed by atoms with Crippen LogP contribution < -0.4 is 10.2 Å². The number of benzene rings is 1. The Hall–Kier alpha value is -1.64. The Kier molecular flexibility index (Phi) is 5.97. The summed E-state index contributed by atoms with van der Waals surface area (Å²) in [5.74, 6) is -0.830. The number of phenolic OH excluding ortho intramolecular Hbond substituents is 1. The van der Waals surface area contributed by atoms with Crippen molar-refractivity contribution in [3.05, 3.63) is 22.2 Å². The number of nitrogens with zero attached hydrogens (tertiary/aromatic N) is 1. The van der Waals surface area contributed by atoms with Crippen LogP contribution in [0.25, 0.3) is 0 Å². The highest BCUT2D eigenvalue weighted by atomic mass is 79.9. The highest BCUT2D eigenvalue weighted by molar-refractivity contribution is 9.10. The molecule has 1 amide bonds. The lowest BCUT2D eigenvalue weighted by atomic mass is 10.2. The normalized spacial score (nSPS) is 16.7. The monoisotopic (exact) mass is 386 g/mol. The van der Waals surface area contributed by atoms with Crippen LogP contribution in [0.1, 0.15) is 25.8 Å². The molecule has 0 aromatic heterocycles. The second-order valence-corrected chi connectivity index (χ2v) is 5.94. The predicted octanol–water partition coefficient (Wildman–Crippen LogP) is 2.16. The summed E-state index contributed by atoms with van der Waals surface area (Å²) >= 11 is 3.24. The van der Waals surface area contributed by atoms with E-state index < -0.39 is 5.79 Å². The van der Waals surface area contributed by atoms with E-state index in [1.54, 1.807) is 19.1 Å². The SMILES string of the molecule is CCOc1cc(/C=N\NC(=O)CC2(C)OCCO2)cc(Br)c1O. The van der Waals surface area contributed by atoms with Crippen molar-refractivity contribution in [2.75, 3.05) is 19.8 Å². The number of rotatable bonds is 6. The molecule has 1 aromatic rings. The molecule has 2 rings (SSSR count). The molecule has 1 aliphatic heterocycles. The Morgan fingerprint density at radius 1 is 1.52 bits per heavy atom. The molecule has 1 aliphatic rings. The number of nitrogens with one attached hydrogen (secondary N) is 1. The van der Waals surface area contributed by atoms with Crippen molar-refractivity contribution in [3.8, 4) is 11.5 Å². The minimum Gasteiger partial charge on any atom is -0.503 e. The third-order valence-electron chi connectivity index (χ3n) is 3.13. The summed E-state index contributed by atoms with van der Waals surface area (Å²) in [6, 6.07) is 3.29. The van der Waals surface area contributed by atoms with Crippen LogP contribution in [0.15, 0.2) is 21.7 Å². The number of phenols is 1. The molecule has 0 atom stereocenters. The Morgan fingerprint density at radius 2 is 2.22 bits per heavy atom. The van der Waals surface area contributed by atoms with Crippen molar-refractivity contribution < 1.29 is 24.1 Å². The van der Waals surface area contributed by atoms with E-state index in [0.29, 0.717) is 35.6 Å². The summed E-state index contributed by atoms with van der Waals surface area (Å²) in [4.78, 5) is 11.8. The fourth-order valence-corrected chi connectivity index (χ4v) is 2.56. The van der Waals surface area contributed by atoms with Crippen LogP contribution in [-0.4, -0.2) is 42.8 Å². The zero-order chi connectivity index (χ0) is 16.9. The van der Waals surface area contributed by atoms with Crippen molar-refractivity contribution in [3.63, 3.8) is 0 Å². The van der Waals surface area contributed by atoms with Crippen LogP contribution in [0.5, 0.6) is 11.5 Å². The van der Waals surface area contributed by atoms with Crippen LogP contribution in [0.3, 0.4) is 0 Å². The van der Waals surface area contributed by atoms with Crippen molar-refractivity contribution in [2.45, 2.75) is 26.1 Å². The first-order valence-electron chi connectivity index (χ1n) is 7.18. The van der Waals surface area contributed by atoms with Crippen molar-refractivity contribution >= 4 is 28.1 Å². The van der Waals surface area contributed by atoms with E-state index in [-0.39, 0.29) is 18.1 Å². The highest BCUT2D eigenvalue weighted by Gasteiger charge is 2.33. The van der Waals surface area contributed by atoms with Crippen molar-refractivity contribution in [1.82, 2.24) is 5.43 Å². The summed E-state index contributed by atoms with van der Waals surface area (Å²) in [7, 11) is 0. The maximum absolute atomic E-state index is 11.8. The lowest BCUT2D eigenvalue weighted by Gasteiger charge is -2.20. The summed E-state index contributed by atoms with van der Waals surface area (Å²) in [6.45, 7) is 4.93. The molecule has 8 heteroatoms. The summed E-state index contributed by atoms with van der Waals surface area (Å²) in [5.41, 5.74) is 3.09. The number of carbonyl (C=O) groups excluding carboxylic acids is 1.